The third-order valence-electron chi connectivity index (χ3n) is 4.63. The van der Waals surface area contributed by atoms with Crippen LogP contribution < -0.4 is 5.32 Å². The van der Waals surface area contributed by atoms with Gasteiger partial charge in [0.2, 0.25) is 5.82 Å². The van der Waals surface area contributed by atoms with Crippen molar-refractivity contribution in [1.82, 2.24) is 10.1 Å². The molecule has 0 saturated carbocycles. The van der Waals surface area contributed by atoms with Crippen LogP contribution in [0.3, 0.4) is 0 Å². The molecule has 0 spiro atoms. The van der Waals surface area contributed by atoms with Crippen molar-refractivity contribution in [2.75, 3.05) is 0 Å². The van der Waals surface area contributed by atoms with E-state index in [1.165, 1.54) is 16.0 Å². The number of hydrogen-bond acceptors (Lipinski definition) is 4. The van der Waals surface area contributed by atoms with Crippen LogP contribution in [-0.4, -0.2) is 10.1 Å². The molecule has 2 heterocycles. The quantitative estimate of drug-likeness (QED) is 0.526. The molecule has 136 valence electrons. The molecule has 1 atom stereocenters. The number of rotatable bonds is 7. The molecule has 4 rings (SSSR count). The normalized spacial score (nSPS) is 12.2. The minimum atomic E-state index is 0.225. The van der Waals surface area contributed by atoms with Crippen molar-refractivity contribution in [3.8, 4) is 11.4 Å². The molecule has 5 heteroatoms. The van der Waals surface area contributed by atoms with Gasteiger partial charge in [0.1, 0.15) is 6.04 Å². The van der Waals surface area contributed by atoms with E-state index in [0.717, 1.165) is 12.0 Å². The molecule has 2 aromatic heterocycles. The molecule has 27 heavy (non-hydrogen) atoms. The Hall–Kier alpha value is -2.76. The van der Waals surface area contributed by atoms with Gasteiger partial charge in [0, 0.05) is 11.1 Å². The van der Waals surface area contributed by atoms with Crippen molar-refractivity contribution in [2.24, 2.45) is 0 Å². The zero-order chi connectivity index (χ0) is 18.5. The molecule has 0 bridgehead atoms. The van der Waals surface area contributed by atoms with E-state index < -0.39 is 0 Å². The summed E-state index contributed by atoms with van der Waals surface area (Å²) in [6.45, 7) is 2.82. The fourth-order valence-electron chi connectivity index (χ4n) is 3.11. The minimum Gasteiger partial charge on any atom is -0.333 e. The predicted octanol–water partition coefficient (Wildman–Crippen LogP) is 4.21. The first kappa shape index (κ1) is 17.6. The van der Waals surface area contributed by atoms with Crippen LogP contribution in [-0.2, 0) is 13.0 Å². The lowest BCUT2D eigenvalue weighted by Crippen LogP contribution is -2.83. The molecule has 0 radical (unpaired) electrons. The second-order valence-corrected chi connectivity index (χ2v) is 7.39. The van der Waals surface area contributed by atoms with Gasteiger partial charge in [0.15, 0.2) is 6.54 Å². The molecule has 0 aliphatic heterocycles. The summed E-state index contributed by atoms with van der Waals surface area (Å²) in [5.74, 6) is 1.28. The summed E-state index contributed by atoms with van der Waals surface area (Å²) in [4.78, 5) is 5.87. The van der Waals surface area contributed by atoms with E-state index in [0.29, 0.717) is 18.3 Å². The molecule has 0 amide bonds. The van der Waals surface area contributed by atoms with Crippen LogP contribution in [0.25, 0.3) is 11.4 Å². The summed E-state index contributed by atoms with van der Waals surface area (Å²) in [5.41, 5.74) is 3.61. The fourth-order valence-corrected chi connectivity index (χ4v) is 3.96. The van der Waals surface area contributed by atoms with Crippen molar-refractivity contribution in [3.05, 3.63) is 94.0 Å². The van der Waals surface area contributed by atoms with Gasteiger partial charge in [-0.25, -0.2) is 0 Å². The molecule has 4 nitrogen and oxygen atoms in total. The lowest BCUT2D eigenvalue weighted by molar-refractivity contribution is -0.704. The van der Waals surface area contributed by atoms with Crippen LogP contribution in [0.2, 0.25) is 0 Å². The second-order valence-electron chi connectivity index (χ2n) is 6.41. The predicted molar refractivity (Wildman–Crippen MR) is 107 cm³/mol. The maximum absolute atomic E-state index is 5.47. The summed E-state index contributed by atoms with van der Waals surface area (Å²) in [6, 6.07) is 23.3. The van der Waals surface area contributed by atoms with E-state index in [4.69, 9.17) is 4.52 Å². The zero-order valence-electron chi connectivity index (χ0n) is 15.2. The van der Waals surface area contributed by atoms with Gasteiger partial charge in [-0.15, -0.1) is 11.3 Å². The highest BCUT2D eigenvalue weighted by Crippen LogP contribution is 2.23. The highest BCUT2D eigenvalue weighted by Gasteiger charge is 2.20. The van der Waals surface area contributed by atoms with E-state index in [1.54, 1.807) is 11.3 Å². The van der Waals surface area contributed by atoms with Crippen LogP contribution in [0.5, 0.6) is 0 Å². The summed E-state index contributed by atoms with van der Waals surface area (Å²) in [5, 5.41) is 8.50. The number of hydrogen-bond donors (Lipinski definition) is 1. The first-order chi connectivity index (χ1) is 13.3. The number of nitrogens with two attached hydrogens (primary N) is 1. The van der Waals surface area contributed by atoms with Gasteiger partial charge in [-0.05, 0) is 23.4 Å². The standard InChI is InChI=1S/C22H21N3OS/c1-2-16-10-12-17(13-11-16)21(19-9-6-14-27-19)23-15-20-24-22(25-26-20)18-7-4-3-5-8-18/h3-14,21,23H,2,15H2,1H3/p+1/t21-/m0/s1. The van der Waals surface area contributed by atoms with E-state index in [-0.39, 0.29) is 6.04 Å². The Morgan fingerprint density at radius 1 is 1.00 bits per heavy atom. The van der Waals surface area contributed by atoms with Crippen LogP contribution >= 0.6 is 11.3 Å². The number of quaternary nitrogens is 1. The van der Waals surface area contributed by atoms with Gasteiger partial charge in [-0.3, -0.25) is 0 Å². The van der Waals surface area contributed by atoms with Gasteiger partial charge in [0.25, 0.3) is 5.89 Å². The van der Waals surface area contributed by atoms with Crippen LogP contribution in [0.1, 0.15) is 34.9 Å². The lowest BCUT2D eigenvalue weighted by atomic mass is 10.0. The average Bonchev–Trinajstić information content (AvgIpc) is 3.42. The van der Waals surface area contributed by atoms with E-state index in [1.807, 2.05) is 30.3 Å². The van der Waals surface area contributed by atoms with Gasteiger partial charge >= 0.3 is 0 Å². The van der Waals surface area contributed by atoms with Crippen molar-refractivity contribution >= 4 is 11.3 Å². The molecule has 0 aliphatic carbocycles. The molecule has 0 unspecified atom stereocenters. The summed E-state index contributed by atoms with van der Waals surface area (Å²) < 4.78 is 5.47. The molecule has 0 fully saturated rings. The Balaban J connectivity index is 1.52. The highest BCUT2D eigenvalue weighted by molar-refractivity contribution is 7.10. The van der Waals surface area contributed by atoms with Crippen LogP contribution in [0.4, 0.5) is 0 Å². The summed E-state index contributed by atoms with van der Waals surface area (Å²) >= 11 is 1.78. The van der Waals surface area contributed by atoms with Crippen LogP contribution in [0.15, 0.2) is 76.6 Å². The third-order valence-corrected chi connectivity index (χ3v) is 5.58. The summed E-state index contributed by atoms with van der Waals surface area (Å²) in [6.07, 6.45) is 1.05. The van der Waals surface area contributed by atoms with Crippen LogP contribution in [0, 0.1) is 0 Å². The third kappa shape index (κ3) is 4.15. The molecular weight excluding hydrogens is 354 g/mol. The van der Waals surface area contributed by atoms with Crippen molar-refractivity contribution < 1.29 is 9.84 Å². The molecule has 0 aliphatic rings. The highest BCUT2D eigenvalue weighted by atomic mass is 32.1. The Morgan fingerprint density at radius 2 is 1.81 bits per heavy atom. The Labute approximate surface area is 162 Å². The Bertz CT molecular complexity index is 962. The number of benzene rings is 2. The maximum atomic E-state index is 5.47. The van der Waals surface area contributed by atoms with E-state index in [2.05, 4.69) is 64.2 Å². The summed E-state index contributed by atoms with van der Waals surface area (Å²) in [7, 11) is 0. The molecule has 2 N–H and O–H groups in total. The number of nitrogens with zero attached hydrogens (tertiary/aromatic N) is 2. The van der Waals surface area contributed by atoms with Gasteiger partial charge < -0.3 is 9.84 Å². The lowest BCUT2D eigenvalue weighted by Gasteiger charge is -2.14. The second kappa shape index (κ2) is 8.29. The van der Waals surface area contributed by atoms with Gasteiger partial charge in [-0.1, -0.05) is 72.7 Å². The number of aryl methyl sites for hydroxylation is 1. The van der Waals surface area contributed by atoms with Crippen molar-refractivity contribution in [1.29, 1.82) is 0 Å². The molecule has 2 aromatic carbocycles. The molecule has 0 saturated heterocycles. The molecule has 4 aromatic rings. The first-order valence-electron chi connectivity index (χ1n) is 9.17. The largest absolute Gasteiger partial charge is 0.333 e. The Kier molecular flexibility index (Phi) is 5.42. The van der Waals surface area contributed by atoms with E-state index >= 15 is 0 Å². The van der Waals surface area contributed by atoms with Crippen molar-refractivity contribution in [3.63, 3.8) is 0 Å². The minimum absolute atomic E-state index is 0.225. The number of thiophene rings is 1. The smallest absolute Gasteiger partial charge is 0.282 e. The van der Waals surface area contributed by atoms with E-state index in [9.17, 15) is 0 Å². The van der Waals surface area contributed by atoms with Gasteiger partial charge in [0.05, 0.1) is 4.88 Å². The van der Waals surface area contributed by atoms with Gasteiger partial charge in [-0.2, -0.15) is 4.98 Å². The SMILES string of the molecule is CCc1ccc([C@H]([NH2+]Cc2nc(-c3ccccc3)no2)c2cccs2)cc1. The first-order valence-corrected chi connectivity index (χ1v) is 10.0. The Morgan fingerprint density at radius 3 is 2.52 bits per heavy atom. The fraction of sp³-hybridized carbons (Fsp3) is 0.182. The number of aromatic nitrogens is 2. The zero-order valence-corrected chi connectivity index (χ0v) is 16.0. The molecular formula is C22H22N3OS+. The maximum Gasteiger partial charge on any atom is 0.282 e. The van der Waals surface area contributed by atoms with Crippen molar-refractivity contribution in [2.45, 2.75) is 25.9 Å². The topological polar surface area (TPSA) is 55.5 Å². The monoisotopic (exact) mass is 376 g/mol. The average molecular weight is 377 g/mol.